The number of hydrogen-bond acceptors (Lipinski definition) is 2. The van der Waals surface area contributed by atoms with Gasteiger partial charge in [-0.15, -0.1) is 0 Å². The van der Waals surface area contributed by atoms with Gasteiger partial charge in [-0.2, -0.15) is 0 Å². The molecule has 2 nitrogen and oxygen atoms in total. The van der Waals surface area contributed by atoms with Gasteiger partial charge in [0.05, 0.1) is 5.92 Å². The molecule has 0 aromatic heterocycles. The SMILES string of the molecule is O=C(Cc1ccc(Cl)cc1)C1CNCc2ccccc21. The minimum absolute atomic E-state index is 0.0457. The van der Waals surface area contributed by atoms with Crippen LogP contribution in [0.2, 0.25) is 5.02 Å². The molecule has 1 aliphatic rings. The van der Waals surface area contributed by atoms with E-state index in [0.717, 1.165) is 18.7 Å². The first kappa shape index (κ1) is 13.3. The normalized spacial score (nSPS) is 17.6. The molecular weight excluding hydrogens is 270 g/mol. The van der Waals surface area contributed by atoms with E-state index in [4.69, 9.17) is 11.6 Å². The second kappa shape index (κ2) is 5.78. The molecule has 0 fully saturated rings. The van der Waals surface area contributed by atoms with E-state index in [1.807, 2.05) is 36.4 Å². The highest BCUT2D eigenvalue weighted by Gasteiger charge is 2.25. The Balaban J connectivity index is 1.80. The topological polar surface area (TPSA) is 29.1 Å². The molecule has 0 amide bonds. The molecule has 1 heterocycles. The Hall–Kier alpha value is -1.64. The summed E-state index contributed by atoms with van der Waals surface area (Å²) in [7, 11) is 0. The van der Waals surface area contributed by atoms with Crippen LogP contribution in [-0.4, -0.2) is 12.3 Å². The van der Waals surface area contributed by atoms with Crippen molar-refractivity contribution in [3.63, 3.8) is 0 Å². The standard InChI is InChI=1S/C17H16ClNO/c18-14-7-5-12(6-8-14)9-17(20)16-11-19-10-13-3-1-2-4-15(13)16/h1-8,16,19H,9-11H2. The van der Waals surface area contributed by atoms with E-state index in [9.17, 15) is 4.79 Å². The van der Waals surface area contributed by atoms with Crippen LogP contribution in [0.25, 0.3) is 0 Å². The van der Waals surface area contributed by atoms with Gasteiger partial charge in [-0.3, -0.25) is 4.79 Å². The number of carbonyl (C=O) groups excluding carboxylic acids is 1. The molecule has 102 valence electrons. The zero-order chi connectivity index (χ0) is 13.9. The first-order valence-corrected chi connectivity index (χ1v) is 7.17. The van der Waals surface area contributed by atoms with E-state index in [0.29, 0.717) is 11.4 Å². The monoisotopic (exact) mass is 285 g/mol. The molecule has 1 unspecified atom stereocenters. The van der Waals surface area contributed by atoms with Gasteiger partial charge < -0.3 is 5.32 Å². The van der Waals surface area contributed by atoms with Crippen LogP contribution in [0.5, 0.6) is 0 Å². The van der Waals surface area contributed by atoms with Gasteiger partial charge in [-0.1, -0.05) is 48.0 Å². The largest absolute Gasteiger partial charge is 0.312 e. The summed E-state index contributed by atoms with van der Waals surface area (Å²) >= 11 is 5.87. The van der Waals surface area contributed by atoms with Crippen molar-refractivity contribution >= 4 is 17.4 Å². The molecule has 0 saturated carbocycles. The number of hydrogen-bond donors (Lipinski definition) is 1. The van der Waals surface area contributed by atoms with Crippen LogP contribution in [0.1, 0.15) is 22.6 Å². The minimum Gasteiger partial charge on any atom is -0.312 e. The summed E-state index contributed by atoms with van der Waals surface area (Å²) in [6.07, 6.45) is 0.456. The van der Waals surface area contributed by atoms with Gasteiger partial charge in [0.2, 0.25) is 0 Å². The maximum Gasteiger partial charge on any atom is 0.145 e. The Kier molecular flexibility index (Phi) is 3.86. The molecule has 1 N–H and O–H groups in total. The van der Waals surface area contributed by atoms with E-state index in [2.05, 4.69) is 17.4 Å². The van der Waals surface area contributed by atoms with Crippen LogP contribution in [-0.2, 0) is 17.8 Å². The number of benzene rings is 2. The quantitative estimate of drug-likeness (QED) is 0.937. The number of fused-ring (bicyclic) bond motifs is 1. The van der Waals surface area contributed by atoms with Crippen molar-refractivity contribution in [1.82, 2.24) is 5.32 Å². The van der Waals surface area contributed by atoms with E-state index in [-0.39, 0.29) is 11.7 Å². The van der Waals surface area contributed by atoms with Crippen LogP contribution in [0, 0.1) is 0 Å². The Morgan fingerprint density at radius 2 is 1.90 bits per heavy atom. The van der Waals surface area contributed by atoms with E-state index >= 15 is 0 Å². The fraction of sp³-hybridized carbons (Fsp3) is 0.235. The number of halogens is 1. The molecule has 0 spiro atoms. The third kappa shape index (κ3) is 2.77. The van der Waals surface area contributed by atoms with E-state index < -0.39 is 0 Å². The lowest BCUT2D eigenvalue weighted by atomic mass is 9.85. The third-order valence-corrected chi connectivity index (χ3v) is 4.03. The van der Waals surface area contributed by atoms with Crippen LogP contribution in [0.3, 0.4) is 0 Å². The summed E-state index contributed by atoms with van der Waals surface area (Å²) in [6, 6.07) is 15.7. The van der Waals surface area contributed by atoms with Crippen LogP contribution in [0.4, 0.5) is 0 Å². The predicted molar refractivity (Wildman–Crippen MR) is 81.1 cm³/mol. The van der Waals surface area contributed by atoms with Gasteiger partial charge in [-0.25, -0.2) is 0 Å². The van der Waals surface area contributed by atoms with Gasteiger partial charge in [0.1, 0.15) is 5.78 Å². The van der Waals surface area contributed by atoms with Crippen molar-refractivity contribution in [1.29, 1.82) is 0 Å². The van der Waals surface area contributed by atoms with Crippen LogP contribution in [0.15, 0.2) is 48.5 Å². The smallest absolute Gasteiger partial charge is 0.145 e. The Bertz CT molecular complexity index is 621. The summed E-state index contributed by atoms with van der Waals surface area (Å²) < 4.78 is 0. The fourth-order valence-electron chi connectivity index (χ4n) is 2.71. The van der Waals surface area contributed by atoms with Crippen molar-refractivity contribution in [3.8, 4) is 0 Å². The maximum atomic E-state index is 12.5. The van der Waals surface area contributed by atoms with Gasteiger partial charge in [0.25, 0.3) is 0 Å². The van der Waals surface area contributed by atoms with Gasteiger partial charge >= 0.3 is 0 Å². The molecule has 1 atom stereocenters. The lowest BCUT2D eigenvalue weighted by molar-refractivity contribution is -0.119. The van der Waals surface area contributed by atoms with Gasteiger partial charge in [-0.05, 0) is 28.8 Å². The second-order valence-electron chi connectivity index (χ2n) is 5.15. The highest BCUT2D eigenvalue weighted by molar-refractivity contribution is 6.30. The number of carbonyl (C=O) groups is 1. The lowest BCUT2D eigenvalue weighted by Crippen LogP contribution is -2.33. The molecule has 0 saturated heterocycles. The average Bonchev–Trinajstić information content (AvgIpc) is 2.49. The minimum atomic E-state index is -0.0457. The van der Waals surface area contributed by atoms with Crippen molar-refractivity contribution < 1.29 is 4.79 Å². The highest BCUT2D eigenvalue weighted by atomic mass is 35.5. The number of Topliss-reactive ketones (excluding diaryl/α,β-unsaturated/α-hetero) is 1. The van der Waals surface area contributed by atoms with Gasteiger partial charge in [0.15, 0.2) is 0 Å². The molecule has 0 aliphatic carbocycles. The first-order chi connectivity index (χ1) is 9.74. The third-order valence-electron chi connectivity index (χ3n) is 3.77. The zero-order valence-corrected chi connectivity index (χ0v) is 11.9. The maximum absolute atomic E-state index is 12.5. The molecular formula is C17H16ClNO. The number of nitrogens with one attached hydrogen (secondary N) is 1. The predicted octanol–water partition coefficient (Wildman–Crippen LogP) is 3.34. The van der Waals surface area contributed by atoms with E-state index in [1.54, 1.807) is 0 Å². The molecule has 3 heteroatoms. The van der Waals surface area contributed by atoms with Crippen LogP contribution < -0.4 is 5.32 Å². The molecule has 3 rings (SSSR count). The van der Waals surface area contributed by atoms with Crippen molar-refractivity contribution in [2.45, 2.75) is 18.9 Å². The molecule has 0 bridgehead atoms. The first-order valence-electron chi connectivity index (χ1n) is 6.80. The van der Waals surface area contributed by atoms with Crippen molar-refractivity contribution in [3.05, 3.63) is 70.2 Å². The number of rotatable bonds is 3. The number of ketones is 1. The molecule has 20 heavy (non-hydrogen) atoms. The van der Waals surface area contributed by atoms with Crippen molar-refractivity contribution in [2.24, 2.45) is 0 Å². The molecule has 2 aromatic rings. The van der Waals surface area contributed by atoms with Crippen LogP contribution >= 0.6 is 11.6 Å². The summed E-state index contributed by atoms with van der Waals surface area (Å²) in [4.78, 5) is 12.5. The fourth-order valence-corrected chi connectivity index (χ4v) is 2.84. The highest BCUT2D eigenvalue weighted by Crippen LogP contribution is 2.25. The average molecular weight is 286 g/mol. The summed E-state index contributed by atoms with van der Waals surface area (Å²) in [5.41, 5.74) is 3.42. The Morgan fingerprint density at radius 1 is 1.15 bits per heavy atom. The Morgan fingerprint density at radius 3 is 2.70 bits per heavy atom. The summed E-state index contributed by atoms with van der Waals surface area (Å²) in [5.74, 6) is 0.211. The zero-order valence-electron chi connectivity index (χ0n) is 11.1. The molecule has 0 radical (unpaired) electrons. The lowest BCUT2D eigenvalue weighted by Gasteiger charge is -2.25. The molecule has 2 aromatic carbocycles. The summed E-state index contributed by atoms with van der Waals surface area (Å²) in [5, 5.41) is 4.02. The van der Waals surface area contributed by atoms with Crippen molar-refractivity contribution in [2.75, 3.05) is 6.54 Å². The van der Waals surface area contributed by atoms with Gasteiger partial charge in [0, 0.05) is 24.5 Å². The molecule has 1 aliphatic heterocycles. The van der Waals surface area contributed by atoms with E-state index in [1.165, 1.54) is 11.1 Å². The Labute approximate surface area is 123 Å². The summed E-state index contributed by atoms with van der Waals surface area (Å²) in [6.45, 7) is 1.57. The second-order valence-corrected chi connectivity index (χ2v) is 5.59.